The highest BCUT2D eigenvalue weighted by molar-refractivity contribution is 6.12. The van der Waals surface area contributed by atoms with Gasteiger partial charge in [0, 0.05) is 5.56 Å². The molecule has 1 aliphatic heterocycles. The molecular weight excluding hydrogens is 266 g/mol. The molecule has 4 nitrogen and oxygen atoms in total. The zero-order valence-electron chi connectivity index (χ0n) is 12.8. The van der Waals surface area contributed by atoms with Gasteiger partial charge in [0.25, 0.3) is 0 Å². The molecule has 0 aliphatic carbocycles. The van der Waals surface area contributed by atoms with Crippen molar-refractivity contribution in [3.05, 3.63) is 35.9 Å². The van der Waals surface area contributed by atoms with Gasteiger partial charge in [-0.25, -0.2) is 0 Å². The van der Waals surface area contributed by atoms with Crippen molar-refractivity contribution >= 4 is 11.8 Å². The second-order valence-electron chi connectivity index (χ2n) is 5.43. The number of likely N-dealkylation sites (tertiary alicyclic amines) is 1. The topological polar surface area (TPSA) is 46.6 Å². The minimum absolute atomic E-state index is 0.0997. The van der Waals surface area contributed by atoms with Gasteiger partial charge >= 0.3 is 5.97 Å². The number of ketones is 1. The van der Waals surface area contributed by atoms with Crippen molar-refractivity contribution in [3.63, 3.8) is 0 Å². The number of piperidine rings is 1. The van der Waals surface area contributed by atoms with E-state index < -0.39 is 5.41 Å². The number of rotatable bonds is 5. The van der Waals surface area contributed by atoms with Crippen molar-refractivity contribution < 1.29 is 14.3 Å². The van der Waals surface area contributed by atoms with Crippen molar-refractivity contribution in [2.45, 2.75) is 26.7 Å². The summed E-state index contributed by atoms with van der Waals surface area (Å²) in [6.45, 7) is 6.64. The molecule has 2 rings (SSSR count). The fourth-order valence-corrected chi connectivity index (χ4v) is 2.91. The first-order chi connectivity index (χ1) is 10.1. The van der Waals surface area contributed by atoms with E-state index in [-0.39, 0.29) is 11.8 Å². The first-order valence-corrected chi connectivity index (χ1v) is 7.63. The Hall–Kier alpha value is -1.68. The van der Waals surface area contributed by atoms with Crippen LogP contribution in [-0.4, -0.2) is 42.9 Å². The Kier molecular flexibility index (Phi) is 5.12. The van der Waals surface area contributed by atoms with E-state index in [1.807, 2.05) is 18.2 Å². The van der Waals surface area contributed by atoms with E-state index in [1.54, 1.807) is 19.1 Å². The van der Waals surface area contributed by atoms with Gasteiger partial charge in [-0.1, -0.05) is 37.3 Å². The van der Waals surface area contributed by atoms with Gasteiger partial charge in [-0.15, -0.1) is 0 Å². The third kappa shape index (κ3) is 3.16. The number of hydrogen-bond donors (Lipinski definition) is 0. The van der Waals surface area contributed by atoms with Crippen molar-refractivity contribution in [1.82, 2.24) is 4.90 Å². The summed E-state index contributed by atoms with van der Waals surface area (Å²) in [4.78, 5) is 27.6. The number of carbonyl (C=O) groups is 2. The highest BCUT2D eigenvalue weighted by Gasteiger charge is 2.49. The van der Waals surface area contributed by atoms with E-state index in [0.29, 0.717) is 25.0 Å². The standard InChI is InChI=1S/C17H23NO3/c1-3-18-12-10-17(11-13-18,16(20)21-4-2)15(19)14-8-6-5-7-9-14/h5-9H,3-4,10-13H2,1-2H3. The molecule has 1 aromatic rings. The van der Waals surface area contributed by atoms with Crippen LogP contribution in [0.2, 0.25) is 0 Å². The van der Waals surface area contributed by atoms with Crippen LogP contribution < -0.4 is 0 Å². The van der Waals surface area contributed by atoms with E-state index in [4.69, 9.17) is 4.74 Å². The summed E-state index contributed by atoms with van der Waals surface area (Å²) >= 11 is 0. The third-order valence-corrected chi connectivity index (χ3v) is 4.29. The first kappa shape index (κ1) is 15.7. The number of hydrogen-bond acceptors (Lipinski definition) is 4. The van der Waals surface area contributed by atoms with Crippen LogP contribution in [0.25, 0.3) is 0 Å². The molecular formula is C17H23NO3. The maximum absolute atomic E-state index is 12.9. The maximum atomic E-state index is 12.9. The van der Waals surface area contributed by atoms with Gasteiger partial charge in [-0.3, -0.25) is 9.59 Å². The molecule has 0 atom stereocenters. The van der Waals surface area contributed by atoms with Gasteiger partial charge in [0.05, 0.1) is 6.61 Å². The number of ether oxygens (including phenoxy) is 1. The van der Waals surface area contributed by atoms with E-state index in [2.05, 4.69) is 11.8 Å². The van der Waals surface area contributed by atoms with Crippen molar-refractivity contribution in [1.29, 1.82) is 0 Å². The molecule has 0 amide bonds. The predicted molar refractivity (Wildman–Crippen MR) is 81.2 cm³/mol. The molecule has 0 aromatic heterocycles. The van der Waals surface area contributed by atoms with Crippen LogP contribution in [0.1, 0.15) is 37.0 Å². The molecule has 0 spiro atoms. The van der Waals surface area contributed by atoms with Crippen molar-refractivity contribution in [2.75, 3.05) is 26.2 Å². The molecule has 1 aromatic carbocycles. The average molecular weight is 289 g/mol. The Labute approximate surface area is 126 Å². The van der Waals surface area contributed by atoms with E-state index in [9.17, 15) is 9.59 Å². The molecule has 1 heterocycles. The van der Waals surface area contributed by atoms with Crippen LogP contribution in [0.4, 0.5) is 0 Å². The summed E-state index contributed by atoms with van der Waals surface area (Å²) in [6.07, 6.45) is 1.07. The number of carbonyl (C=O) groups excluding carboxylic acids is 2. The SMILES string of the molecule is CCOC(=O)C1(C(=O)c2ccccc2)CCN(CC)CC1. The van der Waals surface area contributed by atoms with Gasteiger partial charge in [0.1, 0.15) is 5.41 Å². The lowest BCUT2D eigenvalue weighted by atomic mass is 9.72. The lowest BCUT2D eigenvalue weighted by Gasteiger charge is -2.38. The normalized spacial score (nSPS) is 18.2. The summed E-state index contributed by atoms with van der Waals surface area (Å²) < 4.78 is 5.22. The highest BCUT2D eigenvalue weighted by Crippen LogP contribution is 2.36. The average Bonchev–Trinajstić information content (AvgIpc) is 2.55. The van der Waals surface area contributed by atoms with E-state index >= 15 is 0 Å². The zero-order chi connectivity index (χ0) is 15.3. The predicted octanol–water partition coefficient (Wildman–Crippen LogP) is 2.53. The van der Waals surface area contributed by atoms with Gasteiger partial charge < -0.3 is 9.64 Å². The molecule has 4 heteroatoms. The zero-order valence-corrected chi connectivity index (χ0v) is 12.8. The molecule has 0 N–H and O–H groups in total. The number of benzene rings is 1. The molecule has 1 saturated heterocycles. The van der Waals surface area contributed by atoms with Crippen LogP contribution in [0, 0.1) is 5.41 Å². The molecule has 1 aliphatic rings. The minimum atomic E-state index is -1.01. The Morgan fingerprint density at radius 3 is 2.29 bits per heavy atom. The first-order valence-electron chi connectivity index (χ1n) is 7.63. The van der Waals surface area contributed by atoms with Gasteiger partial charge in [-0.05, 0) is 39.4 Å². The Morgan fingerprint density at radius 1 is 1.14 bits per heavy atom. The van der Waals surface area contributed by atoms with Crippen LogP contribution in [0.5, 0.6) is 0 Å². The molecule has 1 fully saturated rings. The summed E-state index contributed by atoms with van der Waals surface area (Å²) in [5, 5.41) is 0. The monoisotopic (exact) mass is 289 g/mol. The lowest BCUT2D eigenvalue weighted by molar-refractivity contribution is -0.154. The van der Waals surface area contributed by atoms with Crippen LogP contribution in [0.15, 0.2) is 30.3 Å². The van der Waals surface area contributed by atoms with Crippen molar-refractivity contribution in [2.24, 2.45) is 5.41 Å². The Morgan fingerprint density at radius 2 is 1.76 bits per heavy atom. The van der Waals surface area contributed by atoms with Crippen LogP contribution in [0.3, 0.4) is 0 Å². The number of nitrogens with zero attached hydrogens (tertiary/aromatic N) is 1. The molecule has 0 unspecified atom stereocenters. The largest absolute Gasteiger partial charge is 0.465 e. The molecule has 114 valence electrons. The molecule has 21 heavy (non-hydrogen) atoms. The van der Waals surface area contributed by atoms with Gasteiger partial charge in [-0.2, -0.15) is 0 Å². The van der Waals surface area contributed by atoms with Crippen molar-refractivity contribution in [3.8, 4) is 0 Å². The smallest absolute Gasteiger partial charge is 0.320 e. The summed E-state index contributed by atoms with van der Waals surface area (Å²) in [7, 11) is 0. The fourth-order valence-electron chi connectivity index (χ4n) is 2.91. The van der Waals surface area contributed by atoms with E-state index in [0.717, 1.165) is 19.6 Å². The van der Waals surface area contributed by atoms with Crippen LogP contribution >= 0.6 is 0 Å². The van der Waals surface area contributed by atoms with Gasteiger partial charge in [0.15, 0.2) is 5.78 Å². The maximum Gasteiger partial charge on any atom is 0.320 e. The third-order valence-electron chi connectivity index (χ3n) is 4.29. The summed E-state index contributed by atoms with van der Waals surface area (Å²) in [6, 6.07) is 9.07. The fraction of sp³-hybridized carbons (Fsp3) is 0.529. The second-order valence-corrected chi connectivity index (χ2v) is 5.43. The highest BCUT2D eigenvalue weighted by atomic mass is 16.5. The number of esters is 1. The lowest BCUT2D eigenvalue weighted by Crippen LogP contribution is -2.49. The Bertz CT molecular complexity index is 490. The minimum Gasteiger partial charge on any atom is -0.465 e. The second kappa shape index (κ2) is 6.85. The van der Waals surface area contributed by atoms with Gasteiger partial charge in [0.2, 0.25) is 0 Å². The number of Topliss-reactive ketones (excluding diaryl/α,β-unsaturated/α-hetero) is 1. The molecule has 0 bridgehead atoms. The Balaban J connectivity index is 2.29. The summed E-state index contributed by atoms with van der Waals surface area (Å²) in [5.41, 5.74) is -0.418. The van der Waals surface area contributed by atoms with E-state index in [1.165, 1.54) is 0 Å². The molecule has 0 radical (unpaired) electrons. The summed E-state index contributed by atoms with van der Waals surface area (Å²) in [5.74, 6) is -0.466. The quantitative estimate of drug-likeness (QED) is 0.475. The molecule has 0 saturated carbocycles. The van der Waals surface area contributed by atoms with Crippen LogP contribution in [-0.2, 0) is 9.53 Å².